The molecule has 0 saturated carbocycles. The zero-order valence-electron chi connectivity index (χ0n) is 15.8. The second-order valence-corrected chi connectivity index (χ2v) is 8.37. The monoisotopic (exact) mass is 491 g/mol. The molecule has 4 rings (SSSR count). The Hall–Kier alpha value is -2.49. The highest BCUT2D eigenvalue weighted by Crippen LogP contribution is 2.46. The van der Waals surface area contributed by atoms with Gasteiger partial charge in [-0.2, -0.15) is 0 Å². The van der Waals surface area contributed by atoms with Crippen molar-refractivity contribution in [2.75, 3.05) is 7.11 Å². The highest BCUT2D eigenvalue weighted by atomic mass is 79.9. The summed E-state index contributed by atoms with van der Waals surface area (Å²) in [5.74, 6) is -1.80. The van der Waals surface area contributed by atoms with Gasteiger partial charge in [0.1, 0.15) is 28.5 Å². The number of hydrogen-bond acceptors (Lipinski definition) is 7. The number of nitrogens with one attached hydrogen (secondary N) is 1. The van der Waals surface area contributed by atoms with Crippen LogP contribution in [0.25, 0.3) is 0 Å². The largest absolute Gasteiger partial charge is 0.497 e. The first-order valence-electron chi connectivity index (χ1n) is 9.21. The Balaban J connectivity index is 1.48. The summed E-state index contributed by atoms with van der Waals surface area (Å²) in [6.07, 6.45) is -1.80. The van der Waals surface area contributed by atoms with Crippen LogP contribution >= 0.6 is 28.1 Å². The molecule has 1 fully saturated rings. The Kier molecular flexibility index (Phi) is 5.77. The number of amides is 1. The van der Waals surface area contributed by atoms with E-state index < -0.39 is 36.1 Å². The van der Waals surface area contributed by atoms with Crippen LogP contribution < -0.4 is 14.8 Å². The smallest absolute Gasteiger partial charge is 0.319 e. The summed E-state index contributed by atoms with van der Waals surface area (Å²) >= 11 is 8.63. The number of benzene rings is 2. The van der Waals surface area contributed by atoms with Gasteiger partial charge >= 0.3 is 5.97 Å². The van der Waals surface area contributed by atoms with Crippen LogP contribution in [0.15, 0.2) is 46.9 Å². The van der Waals surface area contributed by atoms with Crippen LogP contribution in [0.1, 0.15) is 23.7 Å². The third-order valence-electron chi connectivity index (χ3n) is 5.23. The summed E-state index contributed by atoms with van der Waals surface area (Å²) in [4.78, 5) is 25.5. The fourth-order valence-electron chi connectivity index (χ4n) is 3.64. The molecule has 1 amide bonds. The van der Waals surface area contributed by atoms with Crippen molar-refractivity contribution in [3.05, 3.63) is 58.1 Å². The van der Waals surface area contributed by atoms with Gasteiger partial charge in [0, 0.05) is 15.6 Å². The van der Waals surface area contributed by atoms with Crippen LogP contribution in [0.4, 0.5) is 0 Å². The third-order valence-corrected chi connectivity index (χ3v) is 6.06. The van der Waals surface area contributed by atoms with Crippen LogP contribution in [-0.2, 0) is 14.3 Å². The maximum absolute atomic E-state index is 12.7. The van der Waals surface area contributed by atoms with E-state index in [-0.39, 0.29) is 11.4 Å². The van der Waals surface area contributed by atoms with Crippen molar-refractivity contribution < 1.29 is 28.9 Å². The van der Waals surface area contributed by atoms with E-state index in [9.17, 15) is 14.7 Å². The van der Waals surface area contributed by atoms with Gasteiger partial charge < -0.3 is 24.6 Å². The Bertz CT molecular complexity index is 1010. The standard InChI is InChI=1S/C21H18BrNO6S/c1-27-12-5-2-10(3-6-12)19(30)23-18(24)15-9-14-17(29-21(15)26)13-7-4-11(22)8-16(13)28-20(14)25/h2-8,14-15,17,20,25H,9H2,1H3,(H,23,24,30). The Morgan fingerprint density at radius 2 is 1.97 bits per heavy atom. The molecule has 2 aromatic rings. The quantitative estimate of drug-likeness (QED) is 0.387. The second kappa shape index (κ2) is 8.33. The molecule has 0 bridgehead atoms. The van der Waals surface area contributed by atoms with Crippen molar-refractivity contribution in [1.29, 1.82) is 0 Å². The highest BCUT2D eigenvalue weighted by molar-refractivity contribution is 9.10. The van der Waals surface area contributed by atoms with E-state index in [0.29, 0.717) is 22.6 Å². The number of halogens is 1. The van der Waals surface area contributed by atoms with Gasteiger partial charge in [0.05, 0.1) is 13.0 Å². The van der Waals surface area contributed by atoms with Crippen molar-refractivity contribution in [3.8, 4) is 11.5 Å². The molecule has 7 nitrogen and oxygen atoms in total. The number of thiocarbonyl (C=S) groups is 1. The van der Waals surface area contributed by atoms with E-state index in [1.165, 1.54) is 0 Å². The maximum atomic E-state index is 12.7. The average Bonchev–Trinajstić information content (AvgIpc) is 2.73. The predicted molar refractivity (Wildman–Crippen MR) is 114 cm³/mol. The van der Waals surface area contributed by atoms with Crippen LogP contribution in [0, 0.1) is 11.8 Å². The number of rotatable bonds is 3. The third kappa shape index (κ3) is 3.92. The fraction of sp³-hybridized carbons (Fsp3) is 0.286. The maximum Gasteiger partial charge on any atom is 0.319 e. The highest BCUT2D eigenvalue weighted by Gasteiger charge is 2.49. The zero-order valence-corrected chi connectivity index (χ0v) is 18.2. The number of methoxy groups -OCH3 is 1. The van der Waals surface area contributed by atoms with Gasteiger partial charge in [0.25, 0.3) is 0 Å². The molecule has 2 aliphatic heterocycles. The fourth-order valence-corrected chi connectivity index (χ4v) is 4.21. The van der Waals surface area contributed by atoms with E-state index in [1.807, 2.05) is 0 Å². The minimum absolute atomic E-state index is 0.0806. The first kappa shape index (κ1) is 20.8. The van der Waals surface area contributed by atoms with E-state index in [4.69, 9.17) is 26.4 Å². The van der Waals surface area contributed by atoms with E-state index in [0.717, 1.165) is 4.47 Å². The van der Waals surface area contributed by atoms with Gasteiger partial charge in [-0.25, -0.2) is 0 Å². The molecule has 156 valence electrons. The summed E-state index contributed by atoms with van der Waals surface area (Å²) in [6.45, 7) is 0. The first-order chi connectivity index (χ1) is 14.4. The number of ether oxygens (including phenoxy) is 3. The molecule has 2 heterocycles. The molecule has 9 heteroatoms. The van der Waals surface area contributed by atoms with E-state index >= 15 is 0 Å². The second-order valence-electron chi connectivity index (χ2n) is 7.05. The summed E-state index contributed by atoms with van der Waals surface area (Å²) in [7, 11) is 1.55. The van der Waals surface area contributed by atoms with Crippen LogP contribution in [0.5, 0.6) is 11.5 Å². The van der Waals surface area contributed by atoms with Gasteiger partial charge in [0.15, 0.2) is 0 Å². The molecule has 0 aromatic heterocycles. The lowest BCUT2D eigenvalue weighted by Gasteiger charge is -2.41. The SMILES string of the molecule is COc1ccc(C(=S)NC(=O)C2CC3C(O)Oc4cc(Br)ccc4C3OC2=O)cc1. The van der Waals surface area contributed by atoms with Crippen molar-refractivity contribution in [2.45, 2.75) is 18.8 Å². The van der Waals surface area contributed by atoms with Crippen molar-refractivity contribution >= 4 is 45.0 Å². The Labute approximate surface area is 186 Å². The molecule has 0 radical (unpaired) electrons. The minimum Gasteiger partial charge on any atom is -0.497 e. The molecule has 1 saturated heterocycles. The van der Waals surface area contributed by atoms with Crippen molar-refractivity contribution in [1.82, 2.24) is 5.32 Å². The normalized spacial score (nSPS) is 24.6. The molecule has 0 aliphatic carbocycles. The molecule has 30 heavy (non-hydrogen) atoms. The number of carbonyl (C=O) groups is 2. The van der Waals surface area contributed by atoms with Gasteiger partial charge in [-0.05, 0) is 42.8 Å². The molecular weight excluding hydrogens is 474 g/mol. The number of aliphatic hydroxyl groups excluding tert-OH is 1. The van der Waals surface area contributed by atoms with Crippen LogP contribution in [0.3, 0.4) is 0 Å². The van der Waals surface area contributed by atoms with Gasteiger partial charge in [-0.1, -0.05) is 34.2 Å². The number of hydrogen-bond donors (Lipinski definition) is 2. The molecule has 2 aliphatic rings. The van der Waals surface area contributed by atoms with Gasteiger partial charge in [0.2, 0.25) is 12.2 Å². The van der Waals surface area contributed by atoms with Crippen molar-refractivity contribution in [2.24, 2.45) is 11.8 Å². The first-order valence-corrected chi connectivity index (χ1v) is 10.4. The molecule has 4 unspecified atom stereocenters. The lowest BCUT2D eigenvalue weighted by atomic mass is 9.81. The molecule has 2 aromatic carbocycles. The average molecular weight is 492 g/mol. The number of esters is 1. The topological polar surface area (TPSA) is 94.1 Å². The van der Waals surface area contributed by atoms with E-state index in [1.54, 1.807) is 49.6 Å². The summed E-state index contributed by atoms with van der Waals surface area (Å²) in [6, 6.07) is 12.1. The minimum atomic E-state index is -1.20. The number of carbonyl (C=O) groups excluding carboxylic acids is 2. The van der Waals surface area contributed by atoms with Gasteiger partial charge in [-0.3, -0.25) is 9.59 Å². The summed E-state index contributed by atoms with van der Waals surface area (Å²) in [5, 5.41) is 13.0. The Morgan fingerprint density at radius 3 is 2.67 bits per heavy atom. The lowest BCUT2D eigenvalue weighted by molar-refractivity contribution is -0.191. The van der Waals surface area contributed by atoms with Gasteiger partial charge in [-0.15, -0.1) is 0 Å². The zero-order chi connectivity index (χ0) is 21.4. The Morgan fingerprint density at radius 1 is 1.23 bits per heavy atom. The summed E-state index contributed by atoms with van der Waals surface area (Å²) < 4.78 is 17.0. The summed E-state index contributed by atoms with van der Waals surface area (Å²) in [5.41, 5.74) is 1.27. The molecule has 0 spiro atoms. The van der Waals surface area contributed by atoms with Crippen LogP contribution in [-0.4, -0.2) is 35.4 Å². The molecular formula is C21H18BrNO6S. The van der Waals surface area contributed by atoms with Crippen LogP contribution in [0.2, 0.25) is 0 Å². The predicted octanol–water partition coefficient (Wildman–Crippen LogP) is 2.88. The molecule has 2 N–H and O–H groups in total. The number of aliphatic hydroxyl groups is 1. The van der Waals surface area contributed by atoms with E-state index in [2.05, 4.69) is 21.2 Å². The lowest BCUT2D eigenvalue weighted by Crippen LogP contribution is -2.49. The molecule has 4 atom stereocenters. The number of fused-ring (bicyclic) bond motifs is 3. The van der Waals surface area contributed by atoms with Crippen molar-refractivity contribution in [3.63, 3.8) is 0 Å².